The molecule has 1 heterocycles. The first-order valence-electron chi connectivity index (χ1n) is 11.0. The number of rotatable bonds is 6. The summed E-state index contributed by atoms with van der Waals surface area (Å²) < 4.78 is 5.80. The number of nitrogens with zero attached hydrogens (tertiary/aromatic N) is 1. The van der Waals surface area contributed by atoms with Crippen molar-refractivity contribution in [3.05, 3.63) is 120 Å². The van der Waals surface area contributed by atoms with E-state index in [9.17, 15) is 4.79 Å². The van der Waals surface area contributed by atoms with Gasteiger partial charge in [-0.2, -0.15) is 0 Å². The van der Waals surface area contributed by atoms with Crippen molar-refractivity contribution in [2.24, 2.45) is 0 Å². The number of benzene rings is 4. The van der Waals surface area contributed by atoms with Crippen LogP contribution in [0.5, 0.6) is 11.5 Å². The Morgan fingerprint density at radius 2 is 1.38 bits per heavy atom. The molecule has 0 spiro atoms. The van der Waals surface area contributed by atoms with Crippen LogP contribution in [0.25, 0.3) is 10.9 Å². The molecule has 1 amide bonds. The normalized spacial score (nSPS) is 10.6. The van der Waals surface area contributed by atoms with E-state index in [1.165, 1.54) is 0 Å². The zero-order chi connectivity index (χ0) is 23.3. The van der Waals surface area contributed by atoms with Crippen LogP contribution in [0.4, 0.5) is 17.1 Å². The second kappa shape index (κ2) is 9.46. The number of anilines is 3. The SMILES string of the molecule is Cc1cc(Nc2ccc(C(=O)Nc3ccc(Oc4ccccc4)cc3)cc2)c2ccccc2n1. The van der Waals surface area contributed by atoms with Crippen molar-refractivity contribution in [2.45, 2.75) is 6.92 Å². The lowest BCUT2D eigenvalue weighted by molar-refractivity contribution is 0.102. The fraction of sp³-hybridized carbons (Fsp3) is 0.0345. The van der Waals surface area contributed by atoms with Crippen LogP contribution in [0.1, 0.15) is 16.1 Å². The lowest BCUT2D eigenvalue weighted by atomic mass is 10.1. The Hall–Kier alpha value is -4.64. The summed E-state index contributed by atoms with van der Waals surface area (Å²) in [4.78, 5) is 17.3. The van der Waals surface area contributed by atoms with Gasteiger partial charge < -0.3 is 15.4 Å². The van der Waals surface area contributed by atoms with Gasteiger partial charge in [0.15, 0.2) is 0 Å². The highest BCUT2D eigenvalue weighted by Crippen LogP contribution is 2.27. The van der Waals surface area contributed by atoms with Crippen molar-refractivity contribution in [1.82, 2.24) is 4.98 Å². The Balaban J connectivity index is 1.25. The van der Waals surface area contributed by atoms with Gasteiger partial charge in [-0.3, -0.25) is 9.78 Å². The lowest BCUT2D eigenvalue weighted by Gasteiger charge is -2.12. The summed E-state index contributed by atoms with van der Waals surface area (Å²) in [5.74, 6) is 1.30. The highest BCUT2D eigenvalue weighted by atomic mass is 16.5. The third-order valence-corrected chi connectivity index (χ3v) is 5.36. The molecule has 0 saturated heterocycles. The molecule has 1 aromatic heterocycles. The predicted octanol–water partition coefficient (Wildman–Crippen LogP) is 7.33. The Bertz CT molecular complexity index is 1430. The Kier molecular flexibility index (Phi) is 5.91. The number of ether oxygens (including phenoxy) is 1. The molecule has 34 heavy (non-hydrogen) atoms. The van der Waals surface area contributed by atoms with Crippen molar-refractivity contribution >= 4 is 33.9 Å². The number of para-hydroxylation sites is 2. The number of carbonyl (C=O) groups is 1. The standard InChI is InChI=1S/C29H23N3O2/c1-20-19-28(26-9-5-6-10-27(26)30-20)31-22-13-11-21(12-14-22)29(33)32-23-15-17-25(18-16-23)34-24-7-3-2-4-8-24/h2-19H,1H3,(H,30,31)(H,32,33). The van der Waals surface area contributed by atoms with E-state index in [0.717, 1.165) is 33.7 Å². The third kappa shape index (κ3) is 4.89. The van der Waals surface area contributed by atoms with Gasteiger partial charge in [-0.15, -0.1) is 0 Å². The first-order valence-corrected chi connectivity index (χ1v) is 11.0. The Morgan fingerprint density at radius 3 is 2.15 bits per heavy atom. The molecule has 0 bridgehead atoms. The number of pyridine rings is 1. The zero-order valence-corrected chi connectivity index (χ0v) is 18.7. The van der Waals surface area contributed by atoms with Crippen molar-refractivity contribution in [2.75, 3.05) is 10.6 Å². The van der Waals surface area contributed by atoms with Crippen LogP contribution in [-0.2, 0) is 0 Å². The van der Waals surface area contributed by atoms with Crippen LogP contribution in [0.3, 0.4) is 0 Å². The van der Waals surface area contributed by atoms with Crippen LogP contribution in [0, 0.1) is 6.92 Å². The summed E-state index contributed by atoms with van der Waals surface area (Å²) in [6.07, 6.45) is 0. The average molecular weight is 446 g/mol. The minimum atomic E-state index is -0.173. The number of carbonyl (C=O) groups excluding carboxylic acids is 1. The van der Waals surface area contributed by atoms with E-state index >= 15 is 0 Å². The Labute approximate surface area is 198 Å². The van der Waals surface area contributed by atoms with Gasteiger partial charge in [0.1, 0.15) is 11.5 Å². The van der Waals surface area contributed by atoms with E-state index in [4.69, 9.17) is 4.74 Å². The molecule has 5 rings (SSSR count). The molecule has 0 fully saturated rings. The summed E-state index contributed by atoms with van der Waals surface area (Å²) in [6.45, 7) is 1.98. The number of hydrogen-bond acceptors (Lipinski definition) is 4. The first-order chi connectivity index (χ1) is 16.6. The fourth-order valence-electron chi connectivity index (χ4n) is 3.71. The summed E-state index contributed by atoms with van der Waals surface area (Å²) in [5.41, 5.74) is 5.05. The molecule has 5 aromatic rings. The van der Waals surface area contributed by atoms with Crippen molar-refractivity contribution < 1.29 is 9.53 Å². The molecule has 5 heteroatoms. The van der Waals surface area contributed by atoms with E-state index in [-0.39, 0.29) is 5.91 Å². The second-order valence-electron chi connectivity index (χ2n) is 7.92. The van der Waals surface area contributed by atoms with Gasteiger partial charge in [0, 0.05) is 33.7 Å². The van der Waals surface area contributed by atoms with Gasteiger partial charge >= 0.3 is 0 Å². The third-order valence-electron chi connectivity index (χ3n) is 5.36. The van der Waals surface area contributed by atoms with Crippen LogP contribution in [0.2, 0.25) is 0 Å². The van der Waals surface area contributed by atoms with Gasteiger partial charge in [-0.25, -0.2) is 0 Å². The average Bonchev–Trinajstić information content (AvgIpc) is 2.86. The van der Waals surface area contributed by atoms with E-state index in [1.54, 1.807) is 12.1 Å². The molecule has 0 atom stereocenters. The monoisotopic (exact) mass is 445 g/mol. The first kappa shape index (κ1) is 21.2. The molecule has 0 unspecified atom stereocenters. The largest absolute Gasteiger partial charge is 0.457 e. The molecule has 0 aliphatic heterocycles. The number of aromatic nitrogens is 1. The highest BCUT2D eigenvalue weighted by molar-refractivity contribution is 6.04. The summed E-state index contributed by atoms with van der Waals surface area (Å²) in [7, 11) is 0. The number of fused-ring (bicyclic) bond motifs is 1. The Morgan fingerprint density at radius 1 is 0.735 bits per heavy atom. The number of aryl methyl sites for hydroxylation is 1. The maximum Gasteiger partial charge on any atom is 0.255 e. The van der Waals surface area contributed by atoms with Crippen molar-refractivity contribution in [3.63, 3.8) is 0 Å². The quantitative estimate of drug-likeness (QED) is 0.287. The minimum Gasteiger partial charge on any atom is -0.457 e. The molecule has 166 valence electrons. The minimum absolute atomic E-state index is 0.173. The molecule has 0 aliphatic carbocycles. The van der Waals surface area contributed by atoms with Gasteiger partial charge in [-0.1, -0.05) is 36.4 Å². The molecule has 0 saturated carbocycles. The van der Waals surface area contributed by atoms with Crippen LogP contribution < -0.4 is 15.4 Å². The molecule has 4 aromatic carbocycles. The molecular weight excluding hydrogens is 422 g/mol. The van der Waals surface area contributed by atoms with E-state index in [1.807, 2.05) is 104 Å². The van der Waals surface area contributed by atoms with Gasteiger partial charge in [0.2, 0.25) is 0 Å². The number of amides is 1. The maximum absolute atomic E-state index is 12.7. The maximum atomic E-state index is 12.7. The van der Waals surface area contributed by atoms with Crippen molar-refractivity contribution in [1.29, 1.82) is 0 Å². The molecule has 0 radical (unpaired) electrons. The van der Waals surface area contributed by atoms with Gasteiger partial charge in [0.25, 0.3) is 5.91 Å². The molecular formula is C29H23N3O2. The predicted molar refractivity (Wildman–Crippen MR) is 137 cm³/mol. The summed E-state index contributed by atoms with van der Waals surface area (Å²) in [5, 5.41) is 7.42. The van der Waals surface area contributed by atoms with Gasteiger partial charge in [-0.05, 0) is 79.7 Å². The van der Waals surface area contributed by atoms with E-state index in [2.05, 4.69) is 15.6 Å². The highest BCUT2D eigenvalue weighted by Gasteiger charge is 2.08. The number of hydrogen-bond donors (Lipinski definition) is 2. The number of nitrogens with one attached hydrogen (secondary N) is 2. The van der Waals surface area contributed by atoms with Crippen LogP contribution in [0.15, 0.2) is 109 Å². The lowest BCUT2D eigenvalue weighted by Crippen LogP contribution is -2.11. The van der Waals surface area contributed by atoms with Gasteiger partial charge in [0.05, 0.1) is 5.52 Å². The van der Waals surface area contributed by atoms with E-state index in [0.29, 0.717) is 17.0 Å². The second-order valence-corrected chi connectivity index (χ2v) is 7.92. The summed E-state index contributed by atoms with van der Waals surface area (Å²) in [6, 6.07) is 34.3. The van der Waals surface area contributed by atoms with Crippen LogP contribution >= 0.6 is 0 Å². The van der Waals surface area contributed by atoms with E-state index < -0.39 is 0 Å². The molecule has 0 aliphatic rings. The van der Waals surface area contributed by atoms with Crippen molar-refractivity contribution in [3.8, 4) is 11.5 Å². The fourth-order valence-corrected chi connectivity index (χ4v) is 3.71. The molecule has 5 nitrogen and oxygen atoms in total. The molecule has 2 N–H and O–H groups in total. The smallest absolute Gasteiger partial charge is 0.255 e. The van der Waals surface area contributed by atoms with Crippen LogP contribution in [-0.4, -0.2) is 10.9 Å². The zero-order valence-electron chi connectivity index (χ0n) is 18.7. The summed E-state index contributed by atoms with van der Waals surface area (Å²) >= 11 is 0. The topological polar surface area (TPSA) is 63.2 Å².